The van der Waals surface area contributed by atoms with E-state index < -0.39 is 36.1 Å². The van der Waals surface area contributed by atoms with Gasteiger partial charge < -0.3 is 39.4 Å². The number of aliphatic hydroxyl groups is 1. The average Bonchev–Trinajstić information content (AvgIpc) is 3.66. The van der Waals surface area contributed by atoms with Crippen LogP contribution in [0.3, 0.4) is 0 Å². The number of methoxy groups -OCH3 is 1. The van der Waals surface area contributed by atoms with Gasteiger partial charge in [0, 0.05) is 47.8 Å². The van der Waals surface area contributed by atoms with E-state index in [-0.39, 0.29) is 60.0 Å². The fraction of sp³-hybridized carbons (Fsp3) is 0.366. The molecule has 16 nitrogen and oxygen atoms in total. The molecule has 2 aliphatic heterocycles. The van der Waals surface area contributed by atoms with Crippen LogP contribution in [0, 0.1) is 24.1 Å². The second-order valence-corrected chi connectivity index (χ2v) is 14.3. The molecule has 5 atom stereocenters. The van der Waals surface area contributed by atoms with Gasteiger partial charge in [-0.05, 0) is 80.6 Å². The predicted octanol–water partition coefficient (Wildman–Crippen LogP) is 6.00. The summed E-state index contributed by atoms with van der Waals surface area (Å²) in [6, 6.07) is 15.2. The molecule has 1 aliphatic carbocycles. The van der Waals surface area contributed by atoms with Crippen molar-refractivity contribution in [2.45, 2.75) is 70.8 Å². The smallest absolute Gasteiger partial charge is 0.497 e. The second-order valence-electron chi connectivity index (χ2n) is 14.3. The van der Waals surface area contributed by atoms with Crippen LogP contribution in [0.15, 0.2) is 77.9 Å². The van der Waals surface area contributed by atoms with Crippen molar-refractivity contribution in [3.8, 4) is 17.5 Å². The van der Waals surface area contributed by atoms with Gasteiger partial charge >= 0.3 is 18.6 Å². The molecule has 4 N–H and O–H groups in total. The first-order valence-electron chi connectivity index (χ1n) is 18.9. The molecule has 1 fully saturated rings. The number of rotatable bonds is 12. The van der Waals surface area contributed by atoms with Crippen LogP contribution in [0.5, 0.6) is 17.5 Å². The highest BCUT2D eigenvalue weighted by molar-refractivity contribution is 6.11. The molecule has 7 rings (SSSR count). The molecule has 4 aromatic rings. The van der Waals surface area contributed by atoms with Crippen LogP contribution in [0.1, 0.15) is 78.4 Å². The Bertz CT molecular complexity index is 2210. The van der Waals surface area contributed by atoms with Crippen molar-refractivity contribution in [2.24, 2.45) is 10.9 Å². The zero-order chi connectivity index (χ0) is 41.0. The predicted molar refractivity (Wildman–Crippen MR) is 209 cm³/mol. The third kappa shape index (κ3) is 8.30. The van der Waals surface area contributed by atoms with Crippen LogP contribution in [-0.2, 0) is 15.3 Å². The molecular formula is C41H45FN8O8. The van der Waals surface area contributed by atoms with E-state index in [0.29, 0.717) is 16.8 Å². The average molecular weight is 797 g/mol. The highest BCUT2D eigenvalue weighted by atomic mass is 19.1. The molecule has 3 heterocycles. The minimum atomic E-state index is -1.34. The van der Waals surface area contributed by atoms with Gasteiger partial charge in [0.2, 0.25) is 5.79 Å². The van der Waals surface area contributed by atoms with Crippen molar-refractivity contribution < 1.29 is 42.8 Å². The van der Waals surface area contributed by atoms with Gasteiger partial charge in [-0.25, -0.2) is 14.2 Å². The van der Waals surface area contributed by atoms with Crippen LogP contribution < -0.4 is 24.8 Å². The summed E-state index contributed by atoms with van der Waals surface area (Å²) in [5, 5.41) is 28.7. The van der Waals surface area contributed by atoms with E-state index in [0.717, 1.165) is 31.2 Å². The summed E-state index contributed by atoms with van der Waals surface area (Å²) in [4.78, 5) is 36.8. The van der Waals surface area contributed by atoms with Gasteiger partial charge in [-0.3, -0.25) is 15.1 Å². The number of amides is 1. The lowest BCUT2D eigenvalue weighted by Gasteiger charge is -2.45. The Hall–Kier alpha value is -6.49. The maximum Gasteiger partial charge on any atom is 0.513 e. The third-order valence-electron chi connectivity index (χ3n) is 10.3. The summed E-state index contributed by atoms with van der Waals surface area (Å²) < 4.78 is 46.5. The standard InChI is InChI=1S/C41H45FN8O8/c1-24-10-12-27(13-11-24)37(52)46-35(43)26-14-16-28(17-15-26)45-34(30-22-29(54-4)23-32(33(30)42)55-21-20-51)36-47-38-50(48-36)41(3)44-18-7-19-49(41)39(57-38)58-40(53)56-31-9-6-5-8-25(31)2/h7,10-19,22-23,25,31,34,39,45,51H,5-6,8-9,20-21H2,1-4H3,(H2,43,46,52)/t25-,31-,34-,39?,41?/m1/s1. The lowest BCUT2D eigenvalue weighted by molar-refractivity contribution is -0.214. The summed E-state index contributed by atoms with van der Waals surface area (Å²) >= 11 is 0. The molecule has 1 aromatic heterocycles. The number of aryl methyl sites for hydroxylation is 1. The molecular weight excluding hydrogens is 751 g/mol. The van der Waals surface area contributed by atoms with Crippen molar-refractivity contribution in [2.75, 3.05) is 25.6 Å². The lowest BCUT2D eigenvalue weighted by atomic mass is 9.88. The number of allylic oxidation sites excluding steroid dienone is 1. The summed E-state index contributed by atoms with van der Waals surface area (Å²) in [6.45, 7) is 5.16. The summed E-state index contributed by atoms with van der Waals surface area (Å²) in [6.07, 6.45) is 6.05. The second kappa shape index (κ2) is 16.9. The number of hydrogen-bond acceptors (Lipinski definition) is 14. The molecule has 0 radical (unpaired) electrons. The third-order valence-corrected chi connectivity index (χ3v) is 10.3. The minimum Gasteiger partial charge on any atom is -0.497 e. The topological polar surface area (TPSA) is 195 Å². The molecule has 3 aromatic carbocycles. The number of halogens is 1. The van der Waals surface area contributed by atoms with E-state index >= 15 is 4.39 Å². The Morgan fingerprint density at radius 2 is 1.83 bits per heavy atom. The number of nitrogens with one attached hydrogen (secondary N) is 3. The van der Waals surface area contributed by atoms with Crippen LogP contribution >= 0.6 is 0 Å². The van der Waals surface area contributed by atoms with Gasteiger partial charge in [-0.2, -0.15) is 9.67 Å². The number of carbonyl (C=O) groups is 2. The van der Waals surface area contributed by atoms with Crippen LogP contribution in [-0.4, -0.2) is 81.7 Å². The van der Waals surface area contributed by atoms with E-state index in [2.05, 4.69) is 20.6 Å². The molecule has 2 unspecified atom stereocenters. The maximum absolute atomic E-state index is 16.5. The van der Waals surface area contributed by atoms with E-state index in [1.807, 2.05) is 26.0 Å². The van der Waals surface area contributed by atoms with Gasteiger partial charge in [0.25, 0.3) is 5.91 Å². The first-order chi connectivity index (χ1) is 28.0. The van der Waals surface area contributed by atoms with E-state index in [4.69, 9.17) is 34.2 Å². The number of fused-ring (bicyclic) bond motifs is 3. The lowest BCUT2D eigenvalue weighted by Crippen LogP contribution is -2.58. The Morgan fingerprint density at radius 1 is 1.09 bits per heavy atom. The first-order valence-corrected chi connectivity index (χ1v) is 18.9. The molecule has 1 amide bonds. The van der Waals surface area contributed by atoms with Crippen molar-refractivity contribution in [3.05, 3.63) is 107 Å². The molecule has 0 saturated heterocycles. The number of ether oxygens (including phenoxy) is 5. The van der Waals surface area contributed by atoms with Crippen LogP contribution in [0.25, 0.3) is 0 Å². The Kier molecular flexibility index (Phi) is 11.6. The van der Waals surface area contributed by atoms with Crippen molar-refractivity contribution in [1.82, 2.24) is 25.0 Å². The Balaban J connectivity index is 1.20. The van der Waals surface area contributed by atoms with Gasteiger partial charge in [0.1, 0.15) is 30.3 Å². The highest BCUT2D eigenvalue weighted by Gasteiger charge is 2.49. The summed E-state index contributed by atoms with van der Waals surface area (Å²) in [7, 11) is 1.42. The number of benzene rings is 3. The quantitative estimate of drug-likeness (QED) is 0.0743. The van der Waals surface area contributed by atoms with E-state index in [9.17, 15) is 14.7 Å². The summed E-state index contributed by atoms with van der Waals surface area (Å²) in [5.41, 5.74) is 2.32. The number of amidine groups is 1. The Morgan fingerprint density at radius 3 is 2.55 bits per heavy atom. The first kappa shape index (κ1) is 39.7. The van der Waals surface area contributed by atoms with Crippen molar-refractivity contribution >= 4 is 29.8 Å². The fourth-order valence-electron chi connectivity index (χ4n) is 6.99. The SMILES string of the molecule is COc1cc(OCCO)c(F)c([C@@H](Nc2ccc(C(=N)NC(=O)c3ccc(C)cc3)cc2)c2nc3n(n2)C2(C)N=CC=CN2C(OC(=O)O[C@@H]2CCCC[C@H]2C)O3)c1. The fourth-order valence-corrected chi connectivity index (χ4v) is 6.99. The summed E-state index contributed by atoms with van der Waals surface area (Å²) in [5.74, 6) is -2.36. The molecule has 0 bridgehead atoms. The monoisotopic (exact) mass is 796 g/mol. The number of aliphatic hydroxyl groups excluding tert-OH is 1. The number of aromatic nitrogens is 3. The van der Waals surface area contributed by atoms with Crippen LogP contribution in [0.4, 0.5) is 14.9 Å². The van der Waals surface area contributed by atoms with E-state index in [1.54, 1.807) is 66.7 Å². The maximum atomic E-state index is 16.5. The van der Waals surface area contributed by atoms with Gasteiger partial charge in [-0.1, -0.05) is 31.0 Å². The van der Waals surface area contributed by atoms with E-state index in [1.165, 1.54) is 23.9 Å². The highest BCUT2D eigenvalue weighted by Crippen LogP contribution is 2.40. The number of carbonyl (C=O) groups excluding carboxylic acids is 2. The molecule has 58 heavy (non-hydrogen) atoms. The largest absolute Gasteiger partial charge is 0.513 e. The molecule has 304 valence electrons. The zero-order valence-corrected chi connectivity index (χ0v) is 32.5. The number of aliphatic imine (C=N–C) groups is 1. The van der Waals surface area contributed by atoms with Crippen molar-refractivity contribution in [1.29, 1.82) is 5.41 Å². The number of anilines is 1. The minimum absolute atomic E-state index is 0.0180. The van der Waals surface area contributed by atoms with Crippen LogP contribution in [0.2, 0.25) is 0 Å². The van der Waals surface area contributed by atoms with Gasteiger partial charge in [-0.15, -0.1) is 5.10 Å². The Labute approximate surface area is 334 Å². The van der Waals surface area contributed by atoms with Crippen molar-refractivity contribution in [3.63, 3.8) is 0 Å². The normalized spacial score (nSPS) is 21.1. The number of hydrogen-bond donors (Lipinski definition) is 4. The molecule has 17 heteroatoms. The van der Waals surface area contributed by atoms with Gasteiger partial charge in [0.15, 0.2) is 17.4 Å². The molecule has 1 saturated carbocycles. The molecule has 3 aliphatic rings. The zero-order valence-electron chi connectivity index (χ0n) is 32.5. The molecule has 0 spiro atoms. The number of nitrogens with zero attached hydrogens (tertiary/aromatic N) is 5. The van der Waals surface area contributed by atoms with Gasteiger partial charge in [0.05, 0.1) is 13.7 Å².